The monoisotopic (exact) mass is 457 g/mol. The number of para-hydroxylation sites is 2. The van der Waals surface area contributed by atoms with Crippen molar-refractivity contribution in [3.05, 3.63) is 45.1 Å². The Labute approximate surface area is 177 Å². The molecule has 3 rings (SSSR count). The highest BCUT2D eigenvalue weighted by atomic mass is 32.2. The molecule has 0 aliphatic heterocycles. The highest BCUT2D eigenvalue weighted by Gasteiger charge is 2.32. The molecule has 0 unspecified atom stereocenters. The number of anilines is 1. The normalized spacial score (nSPS) is 11.7. The van der Waals surface area contributed by atoms with Gasteiger partial charge in [-0.2, -0.15) is 0 Å². The number of thioether (sulfide) groups is 1. The maximum Gasteiger partial charge on any atom is 0.573 e. The first kappa shape index (κ1) is 22.5. The SMILES string of the molecule is Cn1c(=O)c2nc(SCCC(=O)Nc3ccccc3OC(F)(F)F)n(C)c2n(C)c1=O. The second-order valence-corrected chi connectivity index (χ2v) is 7.58. The number of halogens is 3. The summed E-state index contributed by atoms with van der Waals surface area (Å²) in [5.41, 5.74) is -0.651. The Morgan fingerprint density at radius 2 is 1.81 bits per heavy atom. The Morgan fingerprint density at radius 3 is 2.48 bits per heavy atom. The van der Waals surface area contributed by atoms with Crippen LogP contribution in [0.25, 0.3) is 11.2 Å². The van der Waals surface area contributed by atoms with Crippen LogP contribution in [0.5, 0.6) is 5.75 Å². The largest absolute Gasteiger partial charge is 0.573 e. The maximum atomic E-state index is 12.5. The number of carbonyl (C=O) groups is 1. The summed E-state index contributed by atoms with van der Waals surface area (Å²) in [5, 5.41) is 2.81. The van der Waals surface area contributed by atoms with Gasteiger partial charge in [-0.1, -0.05) is 23.9 Å². The zero-order valence-corrected chi connectivity index (χ0v) is 17.5. The van der Waals surface area contributed by atoms with E-state index in [2.05, 4.69) is 15.0 Å². The molecule has 0 atom stereocenters. The van der Waals surface area contributed by atoms with Gasteiger partial charge < -0.3 is 14.6 Å². The molecule has 0 fully saturated rings. The molecule has 9 nitrogen and oxygen atoms in total. The predicted octanol–water partition coefficient (Wildman–Crippen LogP) is 1.99. The number of nitrogens with zero attached hydrogens (tertiary/aromatic N) is 4. The standard InChI is InChI=1S/C18H18F3N5O4S/c1-24-14-13(15(28)26(3)17(29)25(14)2)23-16(24)31-9-8-12(27)22-10-6-4-5-7-11(10)30-18(19,20)21/h4-7H,8-9H2,1-3H3,(H,22,27). The number of hydrogen-bond acceptors (Lipinski definition) is 6. The summed E-state index contributed by atoms with van der Waals surface area (Å²) in [5.74, 6) is -0.796. The molecule has 13 heteroatoms. The van der Waals surface area contributed by atoms with Gasteiger partial charge in [0.2, 0.25) is 5.91 Å². The van der Waals surface area contributed by atoms with E-state index in [1.165, 1.54) is 48.6 Å². The first-order valence-corrected chi connectivity index (χ1v) is 9.88. The number of nitrogens with one attached hydrogen (secondary N) is 1. The minimum atomic E-state index is -4.88. The quantitative estimate of drug-likeness (QED) is 0.569. The average Bonchev–Trinajstić information content (AvgIpc) is 3.02. The van der Waals surface area contributed by atoms with Gasteiger partial charge in [0.05, 0.1) is 5.69 Å². The number of hydrogen-bond donors (Lipinski definition) is 1. The highest BCUT2D eigenvalue weighted by molar-refractivity contribution is 7.99. The van der Waals surface area contributed by atoms with Crippen LogP contribution in [0.4, 0.5) is 18.9 Å². The van der Waals surface area contributed by atoms with Crippen LogP contribution in [0.1, 0.15) is 6.42 Å². The number of carbonyl (C=O) groups excluding carboxylic acids is 1. The minimum absolute atomic E-state index is 0.0365. The van der Waals surface area contributed by atoms with Gasteiger partial charge in [0.25, 0.3) is 5.56 Å². The van der Waals surface area contributed by atoms with Crippen molar-refractivity contribution in [3.63, 3.8) is 0 Å². The smallest absolute Gasteiger partial charge is 0.404 e. The van der Waals surface area contributed by atoms with Crippen molar-refractivity contribution in [2.45, 2.75) is 17.9 Å². The number of alkyl halides is 3. The van der Waals surface area contributed by atoms with E-state index in [1.807, 2.05) is 0 Å². The van der Waals surface area contributed by atoms with Gasteiger partial charge in [0.15, 0.2) is 22.1 Å². The van der Waals surface area contributed by atoms with E-state index >= 15 is 0 Å². The lowest BCUT2D eigenvalue weighted by molar-refractivity contribution is -0.274. The summed E-state index contributed by atoms with van der Waals surface area (Å²) >= 11 is 1.17. The molecule has 3 aromatic rings. The van der Waals surface area contributed by atoms with Crippen LogP contribution in [0, 0.1) is 0 Å². The lowest BCUT2D eigenvalue weighted by Gasteiger charge is -2.13. The third-order valence-electron chi connectivity index (χ3n) is 4.37. The summed E-state index contributed by atoms with van der Waals surface area (Å²) in [7, 11) is 4.52. The maximum absolute atomic E-state index is 12.5. The number of ether oxygens (including phenoxy) is 1. The third-order valence-corrected chi connectivity index (χ3v) is 5.40. The molecule has 0 aliphatic rings. The van der Waals surface area contributed by atoms with Crippen LogP contribution < -0.4 is 21.3 Å². The fourth-order valence-corrected chi connectivity index (χ4v) is 3.83. The lowest BCUT2D eigenvalue weighted by Crippen LogP contribution is -2.37. The van der Waals surface area contributed by atoms with E-state index in [9.17, 15) is 27.6 Å². The van der Waals surface area contributed by atoms with Crippen molar-refractivity contribution in [1.82, 2.24) is 18.7 Å². The molecule has 2 aromatic heterocycles. The summed E-state index contributed by atoms with van der Waals surface area (Å²) < 4.78 is 45.2. The van der Waals surface area contributed by atoms with E-state index in [-0.39, 0.29) is 23.4 Å². The van der Waals surface area contributed by atoms with Gasteiger partial charge in [-0.15, -0.1) is 13.2 Å². The average molecular weight is 457 g/mol. The van der Waals surface area contributed by atoms with Gasteiger partial charge >= 0.3 is 12.1 Å². The van der Waals surface area contributed by atoms with Gasteiger partial charge in [0.1, 0.15) is 0 Å². The van der Waals surface area contributed by atoms with E-state index < -0.39 is 29.3 Å². The fourth-order valence-electron chi connectivity index (χ4n) is 2.92. The molecule has 2 heterocycles. The zero-order valence-electron chi connectivity index (χ0n) is 16.7. The minimum Gasteiger partial charge on any atom is -0.404 e. The van der Waals surface area contributed by atoms with Crippen molar-refractivity contribution >= 4 is 34.5 Å². The number of fused-ring (bicyclic) bond motifs is 1. The second kappa shape index (κ2) is 8.49. The predicted molar refractivity (Wildman–Crippen MR) is 108 cm³/mol. The molecule has 166 valence electrons. The Kier molecular flexibility index (Phi) is 6.15. The number of aromatic nitrogens is 4. The van der Waals surface area contributed by atoms with Crippen molar-refractivity contribution in [2.24, 2.45) is 21.1 Å². The first-order valence-electron chi connectivity index (χ1n) is 8.89. The van der Waals surface area contributed by atoms with Crippen molar-refractivity contribution in [1.29, 1.82) is 0 Å². The van der Waals surface area contributed by atoms with E-state index in [4.69, 9.17) is 0 Å². The molecule has 0 saturated heterocycles. The molecule has 0 saturated carbocycles. The summed E-state index contributed by atoms with van der Waals surface area (Å²) in [4.78, 5) is 40.8. The molecular formula is C18H18F3N5O4S. The van der Waals surface area contributed by atoms with Gasteiger partial charge in [-0.05, 0) is 12.1 Å². The van der Waals surface area contributed by atoms with Crippen LogP contribution in [0.3, 0.4) is 0 Å². The Balaban J connectivity index is 1.70. The van der Waals surface area contributed by atoms with Crippen LogP contribution in [0.2, 0.25) is 0 Å². The van der Waals surface area contributed by atoms with Crippen molar-refractivity contribution < 1.29 is 22.7 Å². The van der Waals surface area contributed by atoms with Crippen molar-refractivity contribution in [3.8, 4) is 5.75 Å². The van der Waals surface area contributed by atoms with Crippen molar-refractivity contribution in [2.75, 3.05) is 11.1 Å². The van der Waals surface area contributed by atoms with E-state index in [1.54, 1.807) is 11.6 Å². The Hall–Kier alpha value is -3.22. The van der Waals surface area contributed by atoms with Crippen LogP contribution >= 0.6 is 11.8 Å². The Bertz CT molecular complexity index is 1260. The van der Waals surface area contributed by atoms with Gasteiger partial charge in [0, 0.05) is 33.3 Å². The lowest BCUT2D eigenvalue weighted by atomic mass is 10.3. The van der Waals surface area contributed by atoms with Crippen LogP contribution in [-0.2, 0) is 25.9 Å². The number of rotatable bonds is 6. The number of aryl methyl sites for hydroxylation is 2. The molecule has 0 bridgehead atoms. The van der Waals surface area contributed by atoms with Crippen LogP contribution in [-0.4, -0.2) is 36.7 Å². The third kappa shape index (κ3) is 4.76. The van der Waals surface area contributed by atoms with Gasteiger partial charge in [-0.3, -0.25) is 18.7 Å². The molecule has 0 radical (unpaired) electrons. The first-order chi connectivity index (χ1) is 14.5. The molecule has 1 aromatic carbocycles. The summed E-state index contributed by atoms with van der Waals surface area (Å²) in [6.45, 7) is 0. The second-order valence-electron chi connectivity index (χ2n) is 6.52. The molecule has 1 amide bonds. The van der Waals surface area contributed by atoms with E-state index in [0.29, 0.717) is 10.8 Å². The highest BCUT2D eigenvalue weighted by Crippen LogP contribution is 2.30. The van der Waals surface area contributed by atoms with E-state index in [0.717, 1.165) is 10.6 Å². The molecule has 0 spiro atoms. The number of amides is 1. The molecule has 31 heavy (non-hydrogen) atoms. The number of benzene rings is 1. The molecule has 0 aliphatic carbocycles. The molecule has 1 N–H and O–H groups in total. The fraction of sp³-hybridized carbons (Fsp3) is 0.333. The zero-order chi connectivity index (χ0) is 22.9. The summed E-state index contributed by atoms with van der Waals surface area (Å²) in [6.07, 6.45) is -4.92. The topological polar surface area (TPSA) is 100 Å². The molecular weight excluding hydrogens is 439 g/mol. The Morgan fingerprint density at radius 1 is 1.13 bits per heavy atom. The summed E-state index contributed by atoms with van der Waals surface area (Å²) in [6, 6.07) is 5.23. The van der Waals surface area contributed by atoms with Crippen LogP contribution in [0.15, 0.2) is 39.0 Å². The number of imidazole rings is 1. The van der Waals surface area contributed by atoms with Gasteiger partial charge in [-0.25, -0.2) is 9.78 Å².